The number of piperazine rings is 1. The topological polar surface area (TPSA) is 54.5 Å². The van der Waals surface area contributed by atoms with Gasteiger partial charge in [0.2, 0.25) is 0 Å². The quantitative estimate of drug-likeness (QED) is 0.558. The predicted molar refractivity (Wildman–Crippen MR) is 122 cm³/mol. The minimum Gasteiger partial charge on any atom is -0.494 e. The Morgan fingerprint density at radius 3 is 2.39 bits per heavy atom. The first-order valence-electron chi connectivity index (χ1n) is 11.6. The van der Waals surface area contributed by atoms with Crippen molar-refractivity contribution in [3.8, 4) is 5.75 Å². The van der Waals surface area contributed by atoms with Crippen molar-refractivity contribution < 1.29 is 19.0 Å². The second-order valence-corrected chi connectivity index (χ2v) is 8.88. The normalized spacial score (nSPS) is 19.4. The van der Waals surface area contributed by atoms with Gasteiger partial charge in [0.1, 0.15) is 5.75 Å². The molecule has 1 aromatic rings. The number of benzene rings is 1. The number of hydrogen-bond donors (Lipinski definition) is 0. The molecule has 0 bridgehead atoms. The second kappa shape index (κ2) is 11.7. The van der Waals surface area contributed by atoms with Gasteiger partial charge in [-0.15, -0.1) is 0 Å². The van der Waals surface area contributed by atoms with Gasteiger partial charge in [-0.1, -0.05) is 12.1 Å². The first kappa shape index (κ1) is 23.8. The van der Waals surface area contributed by atoms with Crippen LogP contribution >= 0.6 is 0 Å². The Bertz CT molecular complexity index is 666. The summed E-state index contributed by atoms with van der Waals surface area (Å²) in [4.78, 5) is 18.2. The van der Waals surface area contributed by atoms with Gasteiger partial charge < -0.3 is 24.0 Å². The minimum absolute atomic E-state index is 0.173. The van der Waals surface area contributed by atoms with Gasteiger partial charge in [0.05, 0.1) is 13.2 Å². The molecular formula is C24H39N3O4. The highest BCUT2D eigenvalue weighted by Crippen LogP contribution is 2.36. The van der Waals surface area contributed by atoms with Crippen molar-refractivity contribution in [3.05, 3.63) is 29.8 Å². The van der Waals surface area contributed by atoms with E-state index in [1.807, 2.05) is 6.92 Å². The molecular weight excluding hydrogens is 394 g/mol. The Kier molecular flexibility index (Phi) is 8.99. The SMILES string of the molecule is CCOC(=O)N1CCN(CCCOc2ccc(C3(CN(C)C)CCOCC3)cc2)CC1. The average Bonchev–Trinajstić information content (AvgIpc) is 2.78. The van der Waals surface area contributed by atoms with Crippen LogP contribution in [0.15, 0.2) is 24.3 Å². The highest BCUT2D eigenvalue weighted by Gasteiger charge is 2.34. The lowest BCUT2D eigenvalue weighted by atomic mass is 9.74. The third-order valence-electron chi connectivity index (χ3n) is 6.32. The van der Waals surface area contributed by atoms with Gasteiger partial charge in [0.25, 0.3) is 0 Å². The van der Waals surface area contributed by atoms with E-state index in [2.05, 4.69) is 48.2 Å². The zero-order valence-corrected chi connectivity index (χ0v) is 19.5. The summed E-state index contributed by atoms with van der Waals surface area (Å²) in [6, 6.07) is 8.69. The molecule has 2 heterocycles. The van der Waals surface area contributed by atoms with Gasteiger partial charge in [-0.3, -0.25) is 4.90 Å². The van der Waals surface area contributed by atoms with E-state index in [1.165, 1.54) is 5.56 Å². The second-order valence-electron chi connectivity index (χ2n) is 8.88. The number of ether oxygens (including phenoxy) is 3. The molecule has 1 amide bonds. The van der Waals surface area contributed by atoms with Crippen LogP contribution < -0.4 is 4.74 Å². The Balaban J connectivity index is 1.40. The Labute approximate surface area is 187 Å². The molecule has 0 unspecified atom stereocenters. The van der Waals surface area contributed by atoms with Crippen LogP contribution in [0, 0.1) is 0 Å². The maximum atomic E-state index is 11.8. The number of carbonyl (C=O) groups is 1. The Hall–Kier alpha value is -1.83. The lowest BCUT2D eigenvalue weighted by molar-refractivity contribution is 0.0401. The zero-order chi connectivity index (χ0) is 22.1. The third-order valence-corrected chi connectivity index (χ3v) is 6.32. The maximum Gasteiger partial charge on any atom is 0.409 e. The summed E-state index contributed by atoms with van der Waals surface area (Å²) >= 11 is 0. The summed E-state index contributed by atoms with van der Waals surface area (Å²) in [5.74, 6) is 0.933. The summed E-state index contributed by atoms with van der Waals surface area (Å²) in [7, 11) is 4.29. The van der Waals surface area contributed by atoms with E-state index in [1.54, 1.807) is 4.90 Å². The highest BCUT2D eigenvalue weighted by atomic mass is 16.6. The van der Waals surface area contributed by atoms with Crippen LogP contribution in [0.25, 0.3) is 0 Å². The highest BCUT2D eigenvalue weighted by molar-refractivity contribution is 5.67. The minimum atomic E-state index is -0.193. The summed E-state index contributed by atoms with van der Waals surface area (Å²) < 4.78 is 16.7. The lowest BCUT2D eigenvalue weighted by Gasteiger charge is -2.39. The molecule has 174 valence electrons. The summed E-state index contributed by atoms with van der Waals surface area (Å²) in [6.07, 6.45) is 2.91. The fourth-order valence-electron chi connectivity index (χ4n) is 4.66. The summed E-state index contributed by atoms with van der Waals surface area (Å²) in [6.45, 7) is 9.93. The van der Waals surface area contributed by atoms with Crippen molar-refractivity contribution in [2.45, 2.75) is 31.6 Å². The van der Waals surface area contributed by atoms with Crippen LogP contribution in [0.1, 0.15) is 31.7 Å². The van der Waals surface area contributed by atoms with Crippen LogP contribution in [0.2, 0.25) is 0 Å². The standard InChI is InChI=1S/C24H39N3O4/c1-4-30-23(28)27-15-13-26(14-16-27)12-5-17-31-22-8-6-21(7-9-22)24(20-25(2)3)10-18-29-19-11-24/h6-9H,4-5,10-20H2,1-3H3. The van der Waals surface area contributed by atoms with Crippen molar-refractivity contribution in [1.82, 2.24) is 14.7 Å². The van der Waals surface area contributed by atoms with Crippen LogP contribution in [0.4, 0.5) is 4.79 Å². The van der Waals surface area contributed by atoms with Crippen molar-refractivity contribution in [1.29, 1.82) is 0 Å². The molecule has 7 nitrogen and oxygen atoms in total. The fourth-order valence-corrected chi connectivity index (χ4v) is 4.66. The van der Waals surface area contributed by atoms with Crippen molar-refractivity contribution in [3.63, 3.8) is 0 Å². The molecule has 2 aliphatic heterocycles. The Morgan fingerprint density at radius 2 is 1.77 bits per heavy atom. The van der Waals surface area contributed by atoms with Crippen LogP contribution in [-0.4, -0.2) is 101 Å². The van der Waals surface area contributed by atoms with Gasteiger partial charge in [-0.25, -0.2) is 4.79 Å². The van der Waals surface area contributed by atoms with Crippen molar-refractivity contribution in [2.24, 2.45) is 0 Å². The van der Waals surface area contributed by atoms with Crippen LogP contribution in [0.3, 0.4) is 0 Å². The van der Waals surface area contributed by atoms with E-state index >= 15 is 0 Å². The molecule has 7 heteroatoms. The molecule has 3 rings (SSSR count). The number of nitrogens with zero attached hydrogens (tertiary/aromatic N) is 3. The van der Waals surface area contributed by atoms with Gasteiger partial charge in [0, 0.05) is 57.9 Å². The van der Waals surface area contributed by atoms with E-state index < -0.39 is 0 Å². The van der Waals surface area contributed by atoms with E-state index in [9.17, 15) is 4.79 Å². The van der Waals surface area contributed by atoms with Crippen LogP contribution in [0.5, 0.6) is 5.75 Å². The number of likely N-dealkylation sites (N-methyl/N-ethyl adjacent to an activating group) is 1. The smallest absolute Gasteiger partial charge is 0.409 e. The zero-order valence-electron chi connectivity index (χ0n) is 19.5. The number of hydrogen-bond acceptors (Lipinski definition) is 6. The monoisotopic (exact) mass is 433 g/mol. The van der Waals surface area contributed by atoms with E-state index in [0.29, 0.717) is 13.2 Å². The first-order chi connectivity index (χ1) is 15.0. The summed E-state index contributed by atoms with van der Waals surface area (Å²) in [5.41, 5.74) is 1.56. The molecule has 0 N–H and O–H groups in total. The predicted octanol–water partition coefficient (Wildman–Crippen LogP) is 2.84. The molecule has 2 aliphatic rings. The average molecular weight is 434 g/mol. The van der Waals surface area contributed by atoms with Gasteiger partial charge >= 0.3 is 6.09 Å². The van der Waals surface area contributed by atoms with Crippen molar-refractivity contribution >= 4 is 6.09 Å². The number of carbonyl (C=O) groups excluding carboxylic acids is 1. The molecule has 0 atom stereocenters. The van der Waals surface area contributed by atoms with E-state index in [-0.39, 0.29) is 11.5 Å². The van der Waals surface area contributed by atoms with Crippen LogP contribution in [-0.2, 0) is 14.9 Å². The molecule has 0 aliphatic carbocycles. The van der Waals surface area contributed by atoms with E-state index in [4.69, 9.17) is 14.2 Å². The van der Waals surface area contributed by atoms with E-state index in [0.717, 1.165) is 77.5 Å². The molecule has 2 fully saturated rings. The molecule has 0 spiro atoms. The Morgan fingerprint density at radius 1 is 1.10 bits per heavy atom. The first-order valence-corrected chi connectivity index (χ1v) is 11.6. The molecule has 31 heavy (non-hydrogen) atoms. The molecule has 1 aromatic carbocycles. The van der Waals surface area contributed by atoms with Gasteiger partial charge in [0.15, 0.2) is 0 Å². The van der Waals surface area contributed by atoms with Gasteiger partial charge in [-0.2, -0.15) is 0 Å². The fraction of sp³-hybridized carbons (Fsp3) is 0.708. The largest absolute Gasteiger partial charge is 0.494 e. The molecule has 2 saturated heterocycles. The number of amides is 1. The third kappa shape index (κ3) is 6.82. The van der Waals surface area contributed by atoms with Crippen molar-refractivity contribution in [2.75, 3.05) is 79.8 Å². The molecule has 0 aromatic heterocycles. The molecule has 0 radical (unpaired) electrons. The maximum absolute atomic E-state index is 11.8. The lowest BCUT2D eigenvalue weighted by Crippen LogP contribution is -2.49. The number of rotatable bonds is 9. The molecule has 0 saturated carbocycles. The van der Waals surface area contributed by atoms with Gasteiger partial charge in [-0.05, 0) is 58.0 Å². The summed E-state index contributed by atoms with van der Waals surface area (Å²) in [5, 5.41) is 0.